The van der Waals surface area contributed by atoms with Crippen LogP contribution in [0.15, 0.2) is 5.03 Å². The minimum absolute atomic E-state index is 0.104. The molecule has 3 N–H and O–H groups in total. The molecule has 6 nitrogen and oxygen atoms in total. The molecule has 1 fully saturated rings. The Morgan fingerprint density at radius 3 is 2.80 bits per heavy atom. The van der Waals surface area contributed by atoms with Crippen molar-refractivity contribution in [1.29, 1.82) is 0 Å². The van der Waals surface area contributed by atoms with E-state index in [1.807, 2.05) is 0 Å². The predicted octanol–water partition coefficient (Wildman–Crippen LogP) is 1.38. The molecule has 0 radical (unpaired) electrons. The minimum Gasteiger partial charge on any atom is -0.326 e. The molecule has 7 heteroatoms. The predicted molar refractivity (Wildman–Crippen MR) is 77.6 cm³/mol. The lowest BCUT2D eigenvalue weighted by atomic mass is 9.98. The molecule has 2 rings (SSSR count). The van der Waals surface area contributed by atoms with Gasteiger partial charge in [-0.05, 0) is 32.1 Å². The van der Waals surface area contributed by atoms with Crippen LogP contribution in [-0.2, 0) is 16.6 Å². The fourth-order valence-corrected chi connectivity index (χ4v) is 4.46. The lowest BCUT2D eigenvalue weighted by Gasteiger charge is -2.19. The summed E-state index contributed by atoms with van der Waals surface area (Å²) >= 11 is 0. The van der Waals surface area contributed by atoms with Crippen molar-refractivity contribution < 1.29 is 8.42 Å². The number of sulfonamides is 1. The standard InChI is InChI=1S/C13H24N4O2S/c1-3-11-5-4-7-17(8-6-11)20(18,19)13-12(9-14)10(2)15-16-13/h11H,3-9,14H2,1-2H3,(H,15,16). The van der Waals surface area contributed by atoms with Crippen molar-refractivity contribution in [3.05, 3.63) is 11.3 Å². The third-order valence-corrected chi connectivity index (χ3v) is 6.08. The van der Waals surface area contributed by atoms with Crippen molar-refractivity contribution in [2.24, 2.45) is 11.7 Å². The quantitative estimate of drug-likeness (QED) is 0.878. The van der Waals surface area contributed by atoms with Gasteiger partial charge in [-0.3, -0.25) is 5.10 Å². The molecule has 1 aliphatic rings. The Hall–Kier alpha value is -0.920. The number of hydrogen-bond donors (Lipinski definition) is 2. The number of nitrogens with two attached hydrogens (primary N) is 1. The van der Waals surface area contributed by atoms with Crippen LogP contribution in [0.3, 0.4) is 0 Å². The minimum atomic E-state index is -3.53. The first-order valence-electron chi connectivity index (χ1n) is 7.24. The highest BCUT2D eigenvalue weighted by atomic mass is 32.2. The zero-order valence-electron chi connectivity index (χ0n) is 12.2. The van der Waals surface area contributed by atoms with Gasteiger partial charge in [0.15, 0.2) is 5.03 Å². The summed E-state index contributed by atoms with van der Waals surface area (Å²) in [5, 5.41) is 6.81. The van der Waals surface area contributed by atoms with E-state index in [2.05, 4.69) is 17.1 Å². The maximum Gasteiger partial charge on any atom is 0.262 e. The third kappa shape index (κ3) is 2.89. The Balaban J connectivity index is 2.26. The van der Waals surface area contributed by atoms with Gasteiger partial charge in [0.05, 0.1) is 0 Å². The second-order valence-corrected chi connectivity index (χ2v) is 7.30. The molecule has 0 saturated carbocycles. The largest absolute Gasteiger partial charge is 0.326 e. The highest BCUT2D eigenvalue weighted by molar-refractivity contribution is 7.89. The fourth-order valence-electron chi connectivity index (χ4n) is 2.79. The van der Waals surface area contributed by atoms with E-state index >= 15 is 0 Å². The lowest BCUT2D eigenvalue weighted by molar-refractivity contribution is 0.405. The third-order valence-electron chi connectivity index (χ3n) is 4.21. The number of H-pyrrole nitrogens is 1. The first-order chi connectivity index (χ1) is 9.50. The van der Waals surface area contributed by atoms with E-state index in [0.717, 1.165) is 31.4 Å². The Labute approximate surface area is 120 Å². The monoisotopic (exact) mass is 300 g/mol. The molecule has 1 aliphatic heterocycles. The van der Waals surface area contributed by atoms with Crippen LogP contribution in [0.2, 0.25) is 0 Å². The maximum atomic E-state index is 12.7. The van der Waals surface area contributed by atoms with Gasteiger partial charge in [-0.25, -0.2) is 8.42 Å². The van der Waals surface area contributed by atoms with Gasteiger partial charge in [0.25, 0.3) is 10.0 Å². The molecule has 2 heterocycles. The summed E-state index contributed by atoms with van der Waals surface area (Å²) in [6, 6.07) is 0. The topological polar surface area (TPSA) is 92.1 Å². The molecule has 1 atom stereocenters. The first-order valence-corrected chi connectivity index (χ1v) is 8.68. The molecule has 1 aromatic heterocycles. The van der Waals surface area contributed by atoms with E-state index in [1.54, 1.807) is 11.2 Å². The van der Waals surface area contributed by atoms with Gasteiger partial charge >= 0.3 is 0 Å². The van der Waals surface area contributed by atoms with Gasteiger partial charge in [0.1, 0.15) is 0 Å². The summed E-state index contributed by atoms with van der Waals surface area (Å²) in [4.78, 5) is 0. The number of aryl methyl sites for hydroxylation is 1. The Morgan fingerprint density at radius 2 is 2.15 bits per heavy atom. The molecule has 0 spiro atoms. The van der Waals surface area contributed by atoms with Crippen molar-refractivity contribution in [3.63, 3.8) is 0 Å². The van der Waals surface area contributed by atoms with Gasteiger partial charge in [0.2, 0.25) is 0 Å². The Morgan fingerprint density at radius 1 is 1.40 bits per heavy atom. The SMILES string of the molecule is CCC1CCCN(S(=O)(=O)c2n[nH]c(C)c2CN)CC1. The summed E-state index contributed by atoms with van der Waals surface area (Å²) in [5.74, 6) is 0.630. The zero-order valence-corrected chi connectivity index (χ0v) is 13.0. The Kier molecular flexibility index (Phi) is 4.82. The van der Waals surface area contributed by atoms with Crippen molar-refractivity contribution in [3.8, 4) is 0 Å². The molecule has 0 bridgehead atoms. The van der Waals surface area contributed by atoms with E-state index < -0.39 is 10.0 Å². The summed E-state index contributed by atoms with van der Waals surface area (Å²) < 4.78 is 27.0. The van der Waals surface area contributed by atoms with Crippen LogP contribution < -0.4 is 5.73 Å². The number of rotatable bonds is 4. The summed E-state index contributed by atoms with van der Waals surface area (Å²) in [5.41, 5.74) is 6.98. The van der Waals surface area contributed by atoms with Gasteiger partial charge in [-0.1, -0.05) is 13.3 Å². The van der Waals surface area contributed by atoms with E-state index in [-0.39, 0.29) is 11.6 Å². The average Bonchev–Trinajstić information content (AvgIpc) is 2.65. The lowest BCUT2D eigenvalue weighted by Crippen LogP contribution is -2.33. The van der Waals surface area contributed by atoms with Gasteiger partial charge in [-0.2, -0.15) is 9.40 Å². The average molecular weight is 300 g/mol. The van der Waals surface area contributed by atoms with Crippen LogP contribution in [-0.4, -0.2) is 36.0 Å². The summed E-state index contributed by atoms with van der Waals surface area (Å²) in [6.45, 7) is 5.30. The molecule has 114 valence electrons. The highest BCUT2D eigenvalue weighted by Gasteiger charge is 2.31. The number of nitrogens with zero attached hydrogens (tertiary/aromatic N) is 2. The van der Waals surface area contributed by atoms with Crippen LogP contribution in [0.25, 0.3) is 0 Å². The molecular formula is C13H24N4O2S. The second-order valence-electron chi connectivity index (χ2n) is 5.45. The molecule has 0 aromatic carbocycles. The van der Waals surface area contributed by atoms with Gasteiger partial charge < -0.3 is 5.73 Å². The normalized spacial score (nSPS) is 21.9. The first kappa shape index (κ1) is 15.5. The van der Waals surface area contributed by atoms with Crippen LogP contribution in [0.4, 0.5) is 0 Å². The molecular weight excluding hydrogens is 276 g/mol. The van der Waals surface area contributed by atoms with Crippen molar-refractivity contribution in [1.82, 2.24) is 14.5 Å². The van der Waals surface area contributed by atoms with E-state index in [0.29, 0.717) is 24.6 Å². The maximum absolute atomic E-state index is 12.7. The van der Waals surface area contributed by atoms with Gasteiger partial charge in [-0.15, -0.1) is 0 Å². The van der Waals surface area contributed by atoms with Crippen molar-refractivity contribution in [2.75, 3.05) is 13.1 Å². The van der Waals surface area contributed by atoms with Crippen LogP contribution in [0, 0.1) is 12.8 Å². The van der Waals surface area contributed by atoms with Crippen LogP contribution >= 0.6 is 0 Å². The summed E-state index contributed by atoms with van der Waals surface area (Å²) in [7, 11) is -3.53. The van der Waals surface area contributed by atoms with Crippen LogP contribution in [0.5, 0.6) is 0 Å². The molecule has 0 aliphatic carbocycles. The van der Waals surface area contributed by atoms with E-state index in [1.165, 1.54) is 0 Å². The van der Waals surface area contributed by atoms with Crippen LogP contribution in [0.1, 0.15) is 43.9 Å². The molecule has 1 saturated heterocycles. The summed E-state index contributed by atoms with van der Waals surface area (Å²) in [6.07, 6.45) is 4.06. The highest BCUT2D eigenvalue weighted by Crippen LogP contribution is 2.26. The number of hydrogen-bond acceptors (Lipinski definition) is 4. The fraction of sp³-hybridized carbons (Fsp3) is 0.769. The van der Waals surface area contributed by atoms with E-state index in [9.17, 15) is 8.42 Å². The molecule has 0 amide bonds. The number of aromatic nitrogens is 2. The zero-order chi connectivity index (χ0) is 14.8. The smallest absolute Gasteiger partial charge is 0.262 e. The second kappa shape index (κ2) is 6.24. The molecule has 1 unspecified atom stereocenters. The number of nitrogens with one attached hydrogen (secondary N) is 1. The van der Waals surface area contributed by atoms with E-state index in [4.69, 9.17) is 5.73 Å². The Bertz CT molecular complexity index is 553. The van der Waals surface area contributed by atoms with Crippen molar-refractivity contribution in [2.45, 2.75) is 51.1 Å². The number of aromatic amines is 1. The van der Waals surface area contributed by atoms with Crippen molar-refractivity contribution >= 4 is 10.0 Å². The van der Waals surface area contributed by atoms with Gasteiger partial charge in [0, 0.05) is 30.9 Å². The molecule has 1 aromatic rings. The molecule has 20 heavy (non-hydrogen) atoms.